The summed E-state index contributed by atoms with van der Waals surface area (Å²) in [5, 5.41) is 0. The molecule has 0 aliphatic carbocycles. The summed E-state index contributed by atoms with van der Waals surface area (Å²) >= 11 is 3.41. The fraction of sp³-hybridized carbons (Fsp3) is 0.333. The maximum atomic E-state index is 11.3. The Balaban J connectivity index is 2.47. The van der Waals surface area contributed by atoms with E-state index in [1.165, 1.54) is 0 Å². The summed E-state index contributed by atoms with van der Waals surface area (Å²) in [5.41, 5.74) is 1.56. The first-order valence-electron chi connectivity index (χ1n) is 4.07. The molecule has 0 spiro atoms. The first-order chi connectivity index (χ1) is 6.20. The van der Waals surface area contributed by atoms with E-state index in [2.05, 4.69) is 15.9 Å². The zero-order chi connectivity index (χ0) is 9.42. The van der Waals surface area contributed by atoms with Crippen molar-refractivity contribution in [3.8, 4) is 0 Å². The van der Waals surface area contributed by atoms with Gasteiger partial charge in [-0.3, -0.25) is 0 Å². The van der Waals surface area contributed by atoms with Gasteiger partial charge in [0.1, 0.15) is 0 Å². The van der Waals surface area contributed by atoms with Crippen LogP contribution in [0.3, 0.4) is 0 Å². The molecule has 0 amide bonds. The molecule has 0 unspecified atom stereocenters. The monoisotopic (exact) mass is 242 g/mol. The third-order valence-electron chi connectivity index (χ3n) is 2.07. The summed E-state index contributed by atoms with van der Waals surface area (Å²) < 4.78 is 0. The molecule has 1 heterocycles. The number of hydrogen-bond donors (Lipinski definition) is 0. The molecule has 1 aliphatic rings. The summed E-state index contributed by atoms with van der Waals surface area (Å²) in [6.07, 6.45) is -0.173. The number of nitrogens with zero attached hydrogens (tertiary/aromatic N) is 1. The molecule has 1 aromatic rings. The largest absolute Gasteiger partial charge is 0.323 e. The smallest absolute Gasteiger partial charge is 0.217 e. The lowest BCUT2D eigenvalue weighted by Crippen LogP contribution is -2.08. The highest BCUT2D eigenvalue weighted by molar-refractivity contribution is 9.09. The van der Waals surface area contributed by atoms with Gasteiger partial charge in [0.15, 0.2) is 0 Å². The second-order valence-electron chi connectivity index (χ2n) is 3.02. The Labute approximate surface area is 84.4 Å². The van der Waals surface area contributed by atoms with Crippen molar-refractivity contribution in [2.75, 3.05) is 0 Å². The van der Waals surface area contributed by atoms with Gasteiger partial charge in [0, 0.05) is 6.07 Å². The first-order valence-corrected chi connectivity index (χ1v) is 4.99. The van der Waals surface area contributed by atoms with E-state index >= 15 is 0 Å². The van der Waals surface area contributed by atoms with Gasteiger partial charge in [0.05, 0.1) is 15.3 Å². The van der Waals surface area contributed by atoms with Gasteiger partial charge in [-0.2, -0.15) is 0 Å². The van der Waals surface area contributed by atoms with E-state index < -0.39 is 0 Å². The van der Waals surface area contributed by atoms with Crippen molar-refractivity contribution in [3.05, 3.63) is 34.7 Å². The molecule has 0 fully saturated rings. The Morgan fingerprint density at radius 3 is 2.92 bits per heavy atom. The zero-order valence-electron chi connectivity index (χ0n) is 7.11. The predicted molar refractivity (Wildman–Crippen MR) is 51.9 cm³/mol. The Kier molecular flexibility index (Phi) is 2.07. The lowest BCUT2D eigenvalue weighted by atomic mass is 10.1. The molecule has 1 aromatic carbocycles. The van der Waals surface area contributed by atoms with Gasteiger partial charge in [-0.05, 0) is 13.0 Å². The van der Waals surface area contributed by atoms with Crippen LogP contribution < -0.4 is 0 Å². The molecular weight excluding hydrogens is 234 g/mol. The number of halogens is 1. The fourth-order valence-corrected chi connectivity index (χ4v) is 1.82. The van der Waals surface area contributed by atoms with Crippen molar-refractivity contribution in [2.45, 2.75) is 17.9 Å². The SMILES string of the molecule is C[C@@H](Br)[C@@H]1O[N+](=O)c2ccccc21. The standard InChI is InChI=1S/C9H9BrNO2/c1-6(10)9-7-4-2-3-5-8(7)11(12)13-9/h2-6,9H,1H3/q+1/t6-,9+/m1/s1. The van der Waals surface area contributed by atoms with Crippen LogP contribution in [0.25, 0.3) is 0 Å². The number of benzene rings is 1. The Hall–Kier alpha value is -0.900. The molecule has 13 heavy (non-hydrogen) atoms. The molecule has 0 saturated heterocycles. The molecule has 2 atom stereocenters. The van der Waals surface area contributed by atoms with Gasteiger partial charge in [0.25, 0.3) is 4.92 Å². The van der Waals surface area contributed by atoms with Crippen molar-refractivity contribution in [3.63, 3.8) is 0 Å². The van der Waals surface area contributed by atoms with Gasteiger partial charge in [-0.1, -0.05) is 28.1 Å². The molecule has 68 valence electrons. The van der Waals surface area contributed by atoms with E-state index in [-0.39, 0.29) is 10.9 Å². The van der Waals surface area contributed by atoms with Gasteiger partial charge in [-0.25, -0.2) is 4.84 Å². The van der Waals surface area contributed by atoms with Crippen LogP contribution in [-0.4, -0.2) is 9.75 Å². The van der Waals surface area contributed by atoms with E-state index in [9.17, 15) is 4.91 Å². The van der Waals surface area contributed by atoms with Gasteiger partial charge < -0.3 is 0 Å². The summed E-state index contributed by atoms with van der Waals surface area (Å²) in [6.45, 7) is 1.96. The Morgan fingerprint density at radius 1 is 1.54 bits per heavy atom. The number of alkyl halides is 1. The van der Waals surface area contributed by atoms with Crippen molar-refractivity contribution in [1.82, 2.24) is 0 Å². The first kappa shape index (κ1) is 8.69. The van der Waals surface area contributed by atoms with Crippen LogP contribution in [0.1, 0.15) is 18.6 Å². The zero-order valence-corrected chi connectivity index (χ0v) is 8.69. The molecule has 0 N–H and O–H groups in total. The second kappa shape index (κ2) is 3.10. The van der Waals surface area contributed by atoms with Crippen LogP contribution >= 0.6 is 15.9 Å². The third-order valence-corrected chi connectivity index (χ3v) is 2.55. The minimum atomic E-state index is -0.173. The molecule has 2 rings (SSSR count). The molecule has 0 radical (unpaired) electrons. The van der Waals surface area contributed by atoms with E-state index in [0.29, 0.717) is 10.6 Å². The minimum absolute atomic E-state index is 0.132. The number of hydrogen-bond acceptors (Lipinski definition) is 2. The molecule has 0 saturated carbocycles. The number of rotatable bonds is 1. The predicted octanol–water partition coefficient (Wildman–Crippen LogP) is 2.87. The van der Waals surface area contributed by atoms with Crippen LogP contribution in [0.15, 0.2) is 24.3 Å². The van der Waals surface area contributed by atoms with Crippen LogP contribution in [0.4, 0.5) is 5.69 Å². The van der Waals surface area contributed by atoms with Crippen molar-refractivity contribution in [1.29, 1.82) is 0 Å². The summed E-state index contributed by atoms with van der Waals surface area (Å²) in [6, 6.07) is 7.41. The Bertz CT molecular complexity index is 351. The molecule has 0 bridgehead atoms. The highest BCUT2D eigenvalue weighted by Crippen LogP contribution is 2.39. The average molecular weight is 243 g/mol. The fourth-order valence-electron chi connectivity index (χ4n) is 1.44. The lowest BCUT2D eigenvalue weighted by Gasteiger charge is -2.04. The van der Waals surface area contributed by atoms with Crippen LogP contribution in [0.2, 0.25) is 0 Å². The van der Waals surface area contributed by atoms with Crippen LogP contribution in [-0.2, 0) is 4.84 Å². The minimum Gasteiger partial charge on any atom is -0.217 e. The molecule has 1 aliphatic heterocycles. The summed E-state index contributed by atoms with van der Waals surface area (Å²) in [7, 11) is 0. The highest BCUT2D eigenvalue weighted by Gasteiger charge is 2.41. The van der Waals surface area contributed by atoms with Crippen molar-refractivity contribution >= 4 is 21.6 Å². The summed E-state index contributed by atoms with van der Waals surface area (Å²) in [5.74, 6) is 0. The quantitative estimate of drug-likeness (QED) is 0.709. The summed E-state index contributed by atoms with van der Waals surface area (Å²) in [4.78, 5) is 17.1. The van der Waals surface area contributed by atoms with E-state index in [1.807, 2.05) is 25.1 Å². The van der Waals surface area contributed by atoms with E-state index in [1.54, 1.807) is 6.07 Å². The van der Waals surface area contributed by atoms with E-state index in [4.69, 9.17) is 4.84 Å². The lowest BCUT2D eigenvalue weighted by molar-refractivity contribution is -0.745. The van der Waals surface area contributed by atoms with Crippen molar-refractivity contribution in [2.24, 2.45) is 0 Å². The maximum absolute atomic E-state index is 11.3. The van der Waals surface area contributed by atoms with E-state index in [0.717, 1.165) is 5.56 Å². The van der Waals surface area contributed by atoms with Gasteiger partial charge in [0.2, 0.25) is 6.10 Å². The second-order valence-corrected chi connectivity index (χ2v) is 4.46. The van der Waals surface area contributed by atoms with Gasteiger partial charge >= 0.3 is 5.69 Å². The molecule has 4 heteroatoms. The molecule has 0 aromatic heterocycles. The average Bonchev–Trinajstić information content (AvgIpc) is 2.45. The van der Waals surface area contributed by atoms with Crippen LogP contribution in [0, 0.1) is 4.91 Å². The third kappa shape index (κ3) is 1.35. The molecular formula is C9H9BrNO2+. The van der Waals surface area contributed by atoms with Crippen molar-refractivity contribution < 1.29 is 9.76 Å². The van der Waals surface area contributed by atoms with Gasteiger partial charge in [-0.15, -0.1) is 0 Å². The normalized spacial score (nSPS) is 22.3. The van der Waals surface area contributed by atoms with Crippen LogP contribution in [0.5, 0.6) is 0 Å². The number of fused-ring (bicyclic) bond motifs is 1. The molecule has 3 nitrogen and oxygen atoms in total. The maximum Gasteiger partial charge on any atom is 0.323 e. The highest BCUT2D eigenvalue weighted by atomic mass is 79.9. The topological polar surface area (TPSA) is 29.3 Å². The Morgan fingerprint density at radius 2 is 2.23 bits per heavy atom. The number of para-hydroxylation sites is 1.